The number of fused-ring (bicyclic) bond motifs is 2. The van der Waals surface area contributed by atoms with Crippen molar-refractivity contribution >= 4 is 56.1 Å². The van der Waals surface area contributed by atoms with E-state index < -0.39 is 0 Å². The van der Waals surface area contributed by atoms with Gasteiger partial charge in [-0.2, -0.15) is 9.59 Å². The first-order valence-corrected chi connectivity index (χ1v) is 18.6. The maximum Gasteiger partial charge on any atom is 0.113 e. The van der Waals surface area contributed by atoms with Crippen LogP contribution in [-0.4, -0.2) is 30.0 Å². The Kier molecular flexibility index (Phi) is 9.19. The molecule has 0 fully saturated rings. The van der Waals surface area contributed by atoms with E-state index in [-0.39, 0.29) is 0 Å². The normalized spacial score (nSPS) is 12.0. The van der Waals surface area contributed by atoms with Crippen molar-refractivity contribution in [2.45, 2.75) is 13.8 Å². The first-order chi connectivity index (χ1) is 27.6. The highest BCUT2D eigenvalue weighted by Gasteiger charge is 2.16. The van der Waals surface area contributed by atoms with Gasteiger partial charge >= 0.3 is 0 Å². The van der Waals surface area contributed by atoms with Crippen LogP contribution < -0.4 is 9.80 Å². The lowest BCUT2D eigenvalue weighted by Crippen LogP contribution is -2.14. The Morgan fingerprint density at radius 3 is 1.38 bits per heavy atom. The number of hydrogen-bond acceptors (Lipinski definition) is 6. The Labute approximate surface area is 325 Å². The molecule has 2 heterocycles. The first-order valence-electron chi connectivity index (χ1n) is 18.6. The number of rotatable bonds is 10. The SMILES string of the molecule is C/C(=C\C=C(/C)N(c1ccccc1)c1cccc(-n2nc3ccccc3n2)c1)c1ccc(N(c2ccccc2)c2cccc(-n3nc4ccccc4n3)c2)cc1. The molecule has 0 saturated carbocycles. The molecule has 8 nitrogen and oxygen atoms in total. The van der Waals surface area contributed by atoms with E-state index in [1.165, 1.54) is 0 Å². The molecule has 2 aromatic heterocycles. The van der Waals surface area contributed by atoms with Gasteiger partial charge < -0.3 is 9.80 Å². The highest BCUT2D eigenvalue weighted by atomic mass is 15.5. The average Bonchev–Trinajstić information content (AvgIpc) is 3.90. The Balaban J connectivity index is 1.01. The van der Waals surface area contributed by atoms with Crippen LogP contribution in [0.1, 0.15) is 19.4 Å². The quantitative estimate of drug-likeness (QED) is 0.131. The van der Waals surface area contributed by atoms with Gasteiger partial charge in [0.2, 0.25) is 0 Å². The Morgan fingerprint density at radius 2 is 0.839 bits per heavy atom. The molecule has 0 unspecified atom stereocenters. The zero-order valence-electron chi connectivity index (χ0n) is 31.1. The van der Waals surface area contributed by atoms with E-state index in [0.717, 1.165) is 78.7 Å². The third kappa shape index (κ3) is 6.95. The molecule has 0 N–H and O–H groups in total. The summed E-state index contributed by atoms with van der Waals surface area (Å²) in [6.45, 7) is 4.29. The van der Waals surface area contributed by atoms with Crippen LogP contribution in [0.5, 0.6) is 0 Å². The van der Waals surface area contributed by atoms with Crippen molar-refractivity contribution in [3.8, 4) is 11.4 Å². The molecule has 0 atom stereocenters. The number of nitrogens with zero attached hydrogens (tertiary/aromatic N) is 8. The van der Waals surface area contributed by atoms with Gasteiger partial charge in [-0.05, 0) is 128 Å². The number of para-hydroxylation sites is 2. The van der Waals surface area contributed by atoms with Crippen LogP contribution in [-0.2, 0) is 0 Å². The minimum atomic E-state index is 0.862. The second kappa shape index (κ2) is 15.0. The van der Waals surface area contributed by atoms with Crippen molar-refractivity contribution in [2.24, 2.45) is 0 Å². The maximum atomic E-state index is 4.73. The van der Waals surface area contributed by atoms with Crippen molar-refractivity contribution in [3.63, 3.8) is 0 Å². The molecular formula is C48H38N8. The molecule has 0 aliphatic rings. The Hall–Kier alpha value is -7.58. The summed E-state index contributed by atoms with van der Waals surface area (Å²) in [4.78, 5) is 7.93. The monoisotopic (exact) mass is 726 g/mol. The van der Waals surface area contributed by atoms with Crippen LogP contribution >= 0.6 is 0 Å². The predicted octanol–water partition coefficient (Wildman–Crippen LogP) is 11.8. The summed E-state index contributed by atoms with van der Waals surface area (Å²) in [6, 6.07) is 62.1. The average molecular weight is 727 g/mol. The molecule has 9 aromatic rings. The number of allylic oxidation sites excluding steroid dienone is 4. The highest BCUT2D eigenvalue weighted by Crippen LogP contribution is 2.36. The van der Waals surface area contributed by atoms with Crippen LogP contribution in [0.15, 0.2) is 200 Å². The number of benzene rings is 7. The van der Waals surface area contributed by atoms with Crippen LogP contribution in [0, 0.1) is 0 Å². The maximum absolute atomic E-state index is 4.73. The number of anilines is 5. The van der Waals surface area contributed by atoms with Crippen molar-refractivity contribution in [1.82, 2.24) is 30.0 Å². The summed E-state index contributed by atoms with van der Waals surface area (Å²) in [5.41, 5.74) is 13.8. The van der Waals surface area contributed by atoms with Crippen LogP contribution in [0.3, 0.4) is 0 Å². The zero-order valence-corrected chi connectivity index (χ0v) is 31.1. The van der Waals surface area contributed by atoms with Gasteiger partial charge in [0.05, 0.1) is 11.4 Å². The van der Waals surface area contributed by atoms with E-state index in [4.69, 9.17) is 20.4 Å². The summed E-state index contributed by atoms with van der Waals surface area (Å²) in [5.74, 6) is 0. The smallest absolute Gasteiger partial charge is 0.113 e. The van der Waals surface area contributed by atoms with Crippen LogP contribution in [0.25, 0.3) is 39.0 Å². The molecule has 7 aromatic carbocycles. The summed E-state index contributed by atoms with van der Waals surface area (Å²) in [5, 5.41) is 18.9. The van der Waals surface area contributed by atoms with Crippen LogP contribution in [0.4, 0.5) is 28.4 Å². The zero-order chi connectivity index (χ0) is 37.8. The van der Waals surface area contributed by atoms with E-state index in [0.29, 0.717) is 0 Å². The number of aromatic nitrogens is 6. The van der Waals surface area contributed by atoms with E-state index in [2.05, 4.69) is 145 Å². The predicted molar refractivity (Wildman–Crippen MR) is 228 cm³/mol. The van der Waals surface area contributed by atoms with Gasteiger partial charge in [0.15, 0.2) is 0 Å². The van der Waals surface area contributed by atoms with Gasteiger partial charge in [-0.15, -0.1) is 20.4 Å². The topological polar surface area (TPSA) is 67.9 Å². The van der Waals surface area contributed by atoms with Gasteiger partial charge in [-0.1, -0.05) is 91.0 Å². The third-order valence-electron chi connectivity index (χ3n) is 9.75. The summed E-state index contributed by atoms with van der Waals surface area (Å²) in [7, 11) is 0. The van der Waals surface area contributed by atoms with Crippen molar-refractivity contribution in [1.29, 1.82) is 0 Å². The van der Waals surface area contributed by atoms with Gasteiger partial charge in [0.25, 0.3) is 0 Å². The standard InChI is InChI=1S/C48H38N8/c1-35(27-28-36(2)53(38-15-5-3-6-16-38)41-19-13-21-43(33-41)55-49-45-23-9-10-24-46(45)50-55)37-29-31-40(32-30-37)54(39-17-7-4-8-18-39)42-20-14-22-44(34-42)56-51-47-25-11-12-26-48(47)52-56/h3-34H,1-2H3/b35-27+,36-28+. The molecule has 0 radical (unpaired) electrons. The van der Waals surface area contributed by atoms with Gasteiger partial charge in [0.1, 0.15) is 22.1 Å². The molecule has 0 bridgehead atoms. The van der Waals surface area contributed by atoms with Gasteiger partial charge in [0, 0.05) is 34.1 Å². The summed E-state index contributed by atoms with van der Waals surface area (Å²) < 4.78 is 0. The molecule has 0 aliphatic carbocycles. The molecule has 0 spiro atoms. The lowest BCUT2D eigenvalue weighted by atomic mass is 10.1. The molecule has 270 valence electrons. The second-order valence-corrected chi connectivity index (χ2v) is 13.5. The molecular weight excluding hydrogens is 689 g/mol. The molecule has 0 aliphatic heterocycles. The molecule has 56 heavy (non-hydrogen) atoms. The third-order valence-corrected chi connectivity index (χ3v) is 9.75. The second-order valence-electron chi connectivity index (χ2n) is 13.5. The van der Waals surface area contributed by atoms with E-state index >= 15 is 0 Å². The lowest BCUT2D eigenvalue weighted by molar-refractivity contribution is 0.765. The van der Waals surface area contributed by atoms with Gasteiger partial charge in [-0.3, -0.25) is 0 Å². The lowest BCUT2D eigenvalue weighted by Gasteiger charge is -2.26. The summed E-state index contributed by atoms with van der Waals surface area (Å²) >= 11 is 0. The largest absolute Gasteiger partial charge is 0.314 e. The van der Waals surface area contributed by atoms with E-state index in [1.54, 1.807) is 9.59 Å². The fourth-order valence-corrected chi connectivity index (χ4v) is 6.91. The minimum Gasteiger partial charge on any atom is -0.314 e. The van der Waals surface area contributed by atoms with Gasteiger partial charge in [-0.25, -0.2) is 0 Å². The molecule has 8 heteroatoms. The fourth-order valence-electron chi connectivity index (χ4n) is 6.91. The van der Waals surface area contributed by atoms with Crippen LogP contribution in [0.2, 0.25) is 0 Å². The van der Waals surface area contributed by atoms with Crippen molar-refractivity contribution in [3.05, 3.63) is 205 Å². The van der Waals surface area contributed by atoms with Crippen molar-refractivity contribution < 1.29 is 0 Å². The molecule has 9 rings (SSSR count). The van der Waals surface area contributed by atoms with E-state index in [9.17, 15) is 0 Å². The molecule has 0 saturated heterocycles. The minimum absolute atomic E-state index is 0.862. The Bertz CT molecular complexity index is 2770. The fraction of sp³-hybridized carbons (Fsp3) is 0.0417. The number of hydrogen-bond donors (Lipinski definition) is 0. The Morgan fingerprint density at radius 1 is 0.411 bits per heavy atom. The van der Waals surface area contributed by atoms with E-state index in [1.807, 2.05) is 72.8 Å². The van der Waals surface area contributed by atoms with Crippen molar-refractivity contribution in [2.75, 3.05) is 9.80 Å². The first kappa shape index (κ1) is 34.2. The molecule has 0 amide bonds. The highest BCUT2D eigenvalue weighted by molar-refractivity contribution is 5.80. The summed E-state index contributed by atoms with van der Waals surface area (Å²) in [6.07, 6.45) is 4.36.